The van der Waals surface area contributed by atoms with Crippen LogP contribution in [0.1, 0.15) is 17.5 Å². The van der Waals surface area contributed by atoms with Crippen LogP contribution in [-0.4, -0.2) is 36.6 Å². The fourth-order valence-corrected chi connectivity index (χ4v) is 2.35. The Morgan fingerprint density at radius 1 is 1.18 bits per heavy atom. The smallest absolute Gasteiger partial charge is 0.311 e. The molecule has 2 aromatic rings. The van der Waals surface area contributed by atoms with Crippen LogP contribution in [-0.2, 0) is 16.0 Å². The Morgan fingerprint density at radius 3 is 2.61 bits per heavy atom. The summed E-state index contributed by atoms with van der Waals surface area (Å²) < 4.78 is 4.91. The lowest BCUT2D eigenvalue weighted by Gasteiger charge is -2.05. The van der Waals surface area contributed by atoms with Crippen molar-refractivity contribution < 1.29 is 19.2 Å². The van der Waals surface area contributed by atoms with Crippen molar-refractivity contribution in [2.45, 2.75) is 12.8 Å². The van der Waals surface area contributed by atoms with Crippen molar-refractivity contribution >= 4 is 23.7 Å². The fourth-order valence-electron chi connectivity index (χ4n) is 2.35. The molecule has 0 aliphatic heterocycles. The van der Waals surface area contributed by atoms with Crippen LogP contribution in [0.5, 0.6) is 5.75 Å². The molecular formula is C19H20N4O5. The molecule has 0 heterocycles. The van der Waals surface area contributed by atoms with Gasteiger partial charge in [-0.05, 0) is 24.1 Å². The summed E-state index contributed by atoms with van der Waals surface area (Å²) in [4.78, 5) is 33.9. The Labute approximate surface area is 161 Å². The zero-order valence-electron chi connectivity index (χ0n) is 15.3. The van der Waals surface area contributed by atoms with Gasteiger partial charge in [0.15, 0.2) is 5.75 Å². The highest BCUT2D eigenvalue weighted by molar-refractivity contribution is 5.97. The van der Waals surface area contributed by atoms with Gasteiger partial charge in [0.1, 0.15) is 6.42 Å². The molecule has 9 heteroatoms. The maximum Gasteiger partial charge on any atom is 0.311 e. The minimum atomic E-state index is -0.587. The molecule has 0 spiro atoms. The minimum Gasteiger partial charge on any atom is -0.490 e. The van der Waals surface area contributed by atoms with Gasteiger partial charge in [-0.3, -0.25) is 19.7 Å². The summed E-state index contributed by atoms with van der Waals surface area (Å²) in [6, 6.07) is 13.9. The van der Waals surface area contributed by atoms with Crippen LogP contribution in [0.3, 0.4) is 0 Å². The molecule has 2 N–H and O–H groups in total. The first-order chi connectivity index (χ1) is 13.5. The van der Waals surface area contributed by atoms with E-state index < -0.39 is 16.7 Å². The third-order valence-electron chi connectivity index (χ3n) is 3.70. The van der Waals surface area contributed by atoms with Crippen LogP contribution in [0.4, 0.5) is 5.69 Å². The van der Waals surface area contributed by atoms with Crippen molar-refractivity contribution in [3.05, 3.63) is 69.8 Å². The zero-order valence-corrected chi connectivity index (χ0v) is 15.3. The van der Waals surface area contributed by atoms with Gasteiger partial charge in [-0.15, -0.1) is 0 Å². The monoisotopic (exact) mass is 384 g/mol. The molecule has 0 aliphatic rings. The van der Waals surface area contributed by atoms with Gasteiger partial charge in [0.05, 0.1) is 18.2 Å². The van der Waals surface area contributed by atoms with Crippen LogP contribution in [0.25, 0.3) is 0 Å². The standard InChI is InChI=1S/C19H20N4O5/c1-28-17-8-7-15(11-16(17)23(26)27)13-21-22-19(25)12-18(24)20-10-9-14-5-3-2-4-6-14/h2-8,11,13H,9-10,12H2,1H3,(H,20,24)(H,22,25)/b21-13-. The van der Waals surface area contributed by atoms with Crippen molar-refractivity contribution in [1.29, 1.82) is 0 Å². The second-order valence-corrected chi connectivity index (χ2v) is 5.74. The first kappa shape index (κ1) is 20.6. The van der Waals surface area contributed by atoms with Crippen molar-refractivity contribution in [2.75, 3.05) is 13.7 Å². The van der Waals surface area contributed by atoms with E-state index in [0.717, 1.165) is 5.56 Å². The third kappa shape index (κ3) is 6.52. The number of hydrazone groups is 1. The van der Waals surface area contributed by atoms with Gasteiger partial charge in [0.25, 0.3) is 0 Å². The number of hydrogen-bond acceptors (Lipinski definition) is 6. The molecular weight excluding hydrogens is 364 g/mol. The number of amides is 2. The molecule has 0 atom stereocenters. The highest BCUT2D eigenvalue weighted by Gasteiger charge is 2.14. The molecule has 0 aromatic heterocycles. The van der Waals surface area contributed by atoms with Crippen molar-refractivity contribution in [2.24, 2.45) is 5.10 Å². The Kier molecular flexibility index (Phi) is 7.64. The van der Waals surface area contributed by atoms with Gasteiger partial charge in [0, 0.05) is 18.2 Å². The molecule has 2 amide bonds. The lowest BCUT2D eigenvalue weighted by molar-refractivity contribution is -0.385. The number of carbonyl (C=O) groups excluding carboxylic acids is 2. The summed E-state index contributed by atoms with van der Waals surface area (Å²) in [6.07, 6.45) is 1.55. The van der Waals surface area contributed by atoms with E-state index in [1.54, 1.807) is 6.07 Å². The number of ether oxygens (including phenoxy) is 1. The van der Waals surface area contributed by atoms with Crippen LogP contribution >= 0.6 is 0 Å². The fraction of sp³-hybridized carbons (Fsp3) is 0.211. The van der Waals surface area contributed by atoms with E-state index in [2.05, 4.69) is 15.8 Å². The quantitative estimate of drug-likeness (QED) is 0.295. The van der Waals surface area contributed by atoms with Crippen LogP contribution in [0.2, 0.25) is 0 Å². The van der Waals surface area contributed by atoms with E-state index in [1.807, 2.05) is 30.3 Å². The van der Waals surface area contributed by atoms with Gasteiger partial charge < -0.3 is 10.1 Å². The molecule has 0 unspecified atom stereocenters. The Balaban J connectivity index is 1.77. The zero-order chi connectivity index (χ0) is 20.4. The molecule has 0 aliphatic carbocycles. The number of nitrogens with zero attached hydrogens (tertiary/aromatic N) is 2. The number of nitro benzene ring substituents is 1. The summed E-state index contributed by atoms with van der Waals surface area (Å²) in [7, 11) is 1.33. The second kappa shape index (κ2) is 10.4. The van der Waals surface area contributed by atoms with Crippen LogP contribution in [0.15, 0.2) is 53.6 Å². The molecule has 146 valence electrons. The molecule has 0 saturated carbocycles. The maximum atomic E-state index is 11.8. The van der Waals surface area contributed by atoms with Crippen LogP contribution < -0.4 is 15.5 Å². The van der Waals surface area contributed by atoms with E-state index in [1.165, 1.54) is 25.5 Å². The van der Waals surface area contributed by atoms with Crippen molar-refractivity contribution in [3.63, 3.8) is 0 Å². The van der Waals surface area contributed by atoms with E-state index in [0.29, 0.717) is 18.5 Å². The average Bonchev–Trinajstić information content (AvgIpc) is 2.68. The number of hydrogen-bond donors (Lipinski definition) is 2. The highest BCUT2D eigenvalue weighted by Crippen LogP contribution is 2.26. The number of methoxy groups -OCH3 is 1. The summed E-state index contributed by atoms with van der Waals surface area (Å²) >= 11 is 0. The molecule has 2 aromatic carbocycles. The first-order valence-corrected chi connectivity index (χ1v) is 8.44. The lowest BCUT2D eigenvalue weighted by Crippen LogP contribution is -2.31. The highest BCUT2D eigenvalue weighted by atomic mass is 16.6. The van der Waals surface area contributed by atoms with E-state index in [-0.39, 0.29) is 17.9 Å². The van der Waals surface area contributed by atoms with Gasteiger partial charge in [-0.2, -0.15) is 5.10 Å². The SMILES string of the molecule is COc1ccc(/C=N\NC(=O)CC(=O)NCCc2ccccc2)cc1[N+](=O)[O-]. The molecule has 0 radical (unpaired) electrons. The topological polar surface area (TPSA) is 123 Å². The maximum absolute atomic E-state index is 11.8. The molecule has 0 saturated heterocycles. The first-order valence-electron chi connectivity index (χ1n) is 8.44. The number of benzene rings is 2. The van der Waals surface area contributed by atoms with Gasteiger partial charge >= 0.3 is 5.69 Å². The largest absolute Gasteiger partial charge is 0.490 e. The predicted octanol–water partition coefficient (Wildman–Crippen LogP) is 1.80. The van der Waals surface area contributed by atoms with Crippen molar-refractivity contribution in [3.8, 4) is 5.75 Å². The van der Waals surface area contributed by atoms with Gasteiger partial charge in [-0.1, -0.05) is 30.3 Å². The van der Waals surface area contributed by atoms with Crippen molar-refractivity contribution in [1.82, 2.24) is 10.7 Å². The normalized spacial score (nSPS) is 10.5. The summed E-state index contributed by atoms with van der Waals surface area (Å²) in [5, 5.41) is 17.4. The number of rotatable bonds is 9. The Bertz CT molecular complexity index is 868. The average molecular weight is 384 g/mol. The Hall–Kier alpha value is -3.75. The third-order valence-corrected chi connectivity index (χ3v) is 3.70. The minimum absolute atomic E-state index is 0.123. The van der Waals surface area contributed by atoms with Gasteiger partial charge in [0.2, 0.25) is 11.8 Å². The van der Waals surface area contributed by atoms with Gasteiger partial charge in [-0.25, -0.2) is 5.43 Å². The summed E-state index contributed by atoms with van der Waals surface area (Å²) in [6.45, 7) is 0.426. The number of nitrogens with one attached hydrogen (secondary N) is 2. The number of carbonyl (C=O) groups is 2. The van der Waals surface area contributed by atoms with Crippen LogP contribution in [0, 0.1) is 10.1 Å². The molecule has 0 fully saturated rings. The molecule has 0 bridgehead atoms. The molecule has 9 nitrogen and oxygen atoms in total. The van der Waals surface area contributed by atoms with E-state index in [4.69, 9.17) is 4.74 Å². The van der Waals surface area contributed by atoms with E-state index in [9.17, 15) is 19.7 Å². The van der Waals surface area contributed by atoms with E-state index >= 15 is 0 Å². The molecule has 28 heavy (non-hydrogen) atoms. The number of nitro groups is 1. The molecule has 2 rings (SSSR count). The Morgan fingerprint density at radius 2 is 1.93 bits per heavy atom. The summed E-state index contributed by atoms with van der Waals surface area (Å²) in [5.41, 5.74) is 3.49. The lowest BCUT2D eigenvalue weighted by atomic mass is 10.1. The predicted molar refractivity (Wildman–Crippen MR) is 103 cm³/mol. The second-order valence-electron chi connectivity index (χ2n) is 5.74. The summed E-state index contributed by atoms with van der Waals surface area (Å²) in [5.74, 6) is -0.876.